The van der Waals surface area contributed by atoms with E-state index in [0.717, 1.165) is 24.2 Å². The Morgan fingerprint density at radius 2 is 1.75 bits per heavy atom. The van der Waals surface area contributed by atoms with E-state index in [2.05, 4.69) is 12.2 Å². The van der Waals surface area contributed by atoms with Gasteiger partial charge in [-0.2, -0.15) is 0 Å². The molecule has 2 saturated heterocycles. The normalized spacial score (nSPS) is 21.0. The van der Waals surface area contributed by atoms with Gasteiger partial charge in [0.15, 0.2) is 0 Å². The fourth-order valence-electron chi connectivity index (χ4n) is 4.22. The zero-order valence-corrected chi connectivity index (χ0v) is 18.0. The van der Waals surface area contributed by atoms with Crippen LogP contribution in [0.4, 0.5) is 0 Å². The van der Waals surface area contributed by atoms with E-state index in [9.17, 15) is 9.59 Å². The van der Waals surface area contributed by atoms with Crippen molar-refractivity contribution in [3.63, 3.8) is 0 Å². The van der Waals surface area contributed by atoms with Crippen LogP contribution in [0.5, 0.6) is 0 Å². The Morgan fingerprint density at radius 1 is 1.11 bits per heavy atom. The predicted octanol–water partition coefficient (Wildman–Crippen LogP) is 2.66. The molecule has 2 aliphatic rings. The third-order valence-electron chi connectivity index (χ3n) is 6.22. The summed E-state index contributed by atoms with van der Waals surface area (Å²) in [5.74, 6) is 1.45. The quantitative estimate of drug-likeness (QED) is 0.816. The third-order valence-corrected chi connectivity index (χ3v) is 6.22. The van der Waals surface area contributed by atoms with Crippen molar-refractivity contribution >= 4 is 24.2 Å². The van der Waals surface area contributed by atoms with E-state index >= 15 is 0 Å². The number of carbonyl (C=O) groups is 2. The van der Waals surface area contributed by atoms with Crippen LogP contribution >= 0.6 is 12.4 Å². The second-order valence-electron chi connectivity index (χ2n) is 8.15. The molecular formula is C22H34ClN3O2. The van der Waals surface area contributed by atoms with Crippen molar-refractivity contribution in [1.82, 2.24) is 15.1 Å². The topological polar surface area (TPSA) is 52.7 Å². The summed E-state index contributed by atoms with van der Waals surface area (Å²) in [6, 6.07) is 8.05. The van der Waals surface area contributed by atoms with Crippen molar-refractivity contribution in [1.29, 1.82) is 0 Å². The van der Waals surface area contributed by atoms with E-state index in [4.69, 9.17) is 0 Å². The summed E-state index contributed by atoms with van der Waals surface area (Å²) in [5, 5.41) is 3.44. The van der Waals surface area contributed by atoms with Crippen molar-refractivity contribution in [3.05, 3.63) is 35.4 Å². The minimum Gasteiger partial charge on any atom is -0.339 e. The Balaban J connectivity index is 0.00000280. The van der Waals surface area contributed by atoms with Crippen LogP contribution < -0.4 is 5.32 Å². The van der Waals surface area contributed by atoms with Crippen LogP contribution in [0.15, 0.2) is 24.3 Å². The van der Waals surface area contributed by atoms with Gasteiger partial charge in [-0.15, -0.1) is 12.4 Å². The van der Waals surface area contributed by atoms with Crippen LogP contribution in [0.3, 0.4) is 0 Å². The minimum absolute atomic E-state index is 0. The van der Waals surface area contributed by atoms with Crippen molar-refractivity contribution in [2.75, 3.05) is 39.3 Å². The zero-order valence-electron chi connectivity index (χ0n) is 17.2. The number of halogens is 1. The van der Waals surface area contributed by atoms with Gasteiger partial charge in [0, 0.05) is 32.6 Å². The predicted molar refractivity (Wildman–Crippen MR) is 115 cm³/mol. The second-order valence-corrected chi connectivity index (χ2v) is 8.15. The van der Waals surface area contributed by atoms with Gasteiger partial charge >= 0.3 is 0 Å². The van der Waals surface area contributed by atoms with Crippen LogP contribution in [0.25, 0.3) is 0 Å². The molecule has 5 nitrogen and oxygen atoms in total. The average Bonchev–Trinajstić information content (AvgIpc) is 2.70. The molecule has 2 heterocycles. The zero-order chi connectivity index (χ0) is 19.2. The lowest BCUT2D eigenvalue weighted by Gasteiger charge is -2.36. The SMILES string of the molecule is Cc1ccccc1CC(=O)N1CCN(C(=O)CC(C)C2CCCNC2)CC1.Cl. The first-order chi connectivity index (χ1) is 13.0. The lowest BCUT2D eigenvalue weighted by Crippen LogP contribution is -2.51. The number of aryl methyl sites for hydroxylation is 1. The number of nitrogens with one attached hydrogen (secondary N) is 1. The number of piperidine rings is 1. The highest BCUT2D eigenvalue weighted by atomic mass is 35.5. The van der Waals surface area contributed by atoms with Gasteiger partial charge in [-0.05, 0) is 55.8 Å². The number of hydrogen-bond donors (Lipinski definition) is 1. The molecule has 0 aromatic heterocycles. The molecule has 0 bridgehead atoms. The van der Waals surface area contributed by atoms with Gasteiger partial charge in [-0.1, -0.05) is 31.2 Å². The van der Waals surface area contributed by atoms with E-state index in [1.165, 1.54) is 12.8 Å². The number of piperazine rings is 1. The summed E-state index contributed by atoms with van der Waals surface area (Å²) in [4.78, 5) is 29.1. The van der Waals surface area contributed by atoms with E-state index in [1.54, 1.807) is 0 Å². The number of rotatable bonds is 5. The molecule has 156 valence electrons. The molecule has 2 fully saturated rings. The Hall–Kier alpha value is -1.59. The smallest absolute Gasteiger partial charge is 0.227 e. The van der Waals surface area contributed by atoms with Gasteiger partial charge in [-0.3, -0.25) is 9.59 Å². The molecule has 28 heavy (non-hydrogen) atoms. The first-order valence-corrected chi connectivity index (χ1v) is 10.4. The van der Waals surface area contributed by atoms with Crippen molar-refractivity contribution in [3.8, 4) is 0 Å². The average molecular weight is 408 g/mol. The summed E-state index contributed by atoms with van der Waals surface area (Å²) in [7, 11) is 0. The minimum atomic E-state index is 0. The van der Waals surface area contributed by atoms with E-state index in [-0.39, 0.29) is 24.2 Å². The van der Waals surface area contributed by atoms with Gasteiger partial charge < -0.3 is 15.1 Å². The van der Waals surface area contributed by atoms with E-state index in [1.807, 2.05) is 41.0 Å². The molecule has 0 radical (unpaired) electrons. The standard InChI is InChI=1S/C22H33N3O2.ClH/c1-17-6-3-4-7-19(17)15-22(27)25-12-10-24(11-13-25)21(26)14-18(2)20-8-5-9-23-16-20;/h3-4,6-7,18,20,23H,5,8-16H2,1-2H3;1H. The number of benzene rings is 1. The van der Waals surface area contributed by atoms with Crippen LogP contribution in [0, 0.1) is 18.8 Å². The number of amides is 2. The van der Waals surface area contributed by atoms with E-state index < -0.39 is 0 Å². The second kappa shape index (κ2) is 10.8. The molecule has 0 spiro atoms. The summed E-state index contributed by atoms with van der Waals surface area (Å²) in [6.07, 6.45) is 3.52. The van der Waals surface area contributed by atoms with Crippen molar-refractivity contribution in [2.24, 2.45) is 11.8 Å². The van der Waals surface area contributed by atoms with E-state index in [0.29, 0.717) is 50.9 Å². The van der Waals surface area contributed by atoms with Gasteiger partial charge in [0.25, 0.3) is 0 Å². The summed E-state index contributed by atoms with van der Waals surface area (Å²) in [6.45, 7) is 9.01. The van der Waals surface area contributed by atoms with Crippen LogP contribution in [-0.4, -0.2) is 60.9 Å². The molecule has 6 heteroatoms. The Bertz CT molecular complexity index is 653. The molecule has 0 saturated carbocycles. The lowest BCUT2D eigenvalue weighted by atomic mass is 9.85. The highest BCUT2D eigenvalue weighted by Gasteiger charge is 2.27. The first-order valence-electron chi connectivity index (χ1n) is 10.4. The molecule has 1 aromatic carbocycles. The molecular weight excluding hydrogens is 374 g/mol. The van der Waals surface area contributed by atoms with Crippen LogP contribution in [-0.2, 0) is 16.0 Å². The molecule has 1 N–H and O–H groups in total. The first kappa shape index (κ1) is 22.7. The highest BCUT2D eigenvalue weighted by Crippen LogP contribution is 2.23. The third kappa shape index (κ3) is 5.95. The Morgan fingerprint density at radius 3 is 2.36 bits per heavy atom. The Labute approximate surface area is 175 Å². The van der Waals surface area contributed by atoms with Crippen LogP contribution in [0.1, 0.15) is 37.3 Å². The molecule has 2 amide bonds. The fourth-order valence-corrected chi connectivity index (χ4v) is 4.22. The molecule has 2 atom stereocenters. The monoisotopic (exact) mass is 407 g/mol. The maximum Gasteiger partial charge on any atom is 0.227 e. The summed E-state index contributed by atoms with van der Waals surface area (Å²) >= 11 is 0. The lowest BCUT2D eigenvalue weighted by molar-refractivity contribution is -0.140. The van der Waals surface area contributed by atoms with Gasteiger partial charge in [0.05, 0.1) is 6.42 Å². The van der Waals surface area contributed by atoms with Crippen molar-refractivity contribution in [2.45, 2.75) is 39.5 Å². The largest absolute Gasteiger partial charge is 0.339 e. The number of carbonyl (C=O) groups excluding carboxylic acids is 2. The van der Waals surface area contributed by atoms with Crippen molar-refractivity contribution < 1.29 is 9.59 Å². The van der Waals surface area contributed by atoms with Gasteiger partial charge in [0.1, 0.15) is 0 Å². The highest BCUT2D eigenvalue weighted by molar-refractivity contribution is 5.85. The van der Waals surface area contributed by atoms with Crippen LogP contribution in [0.2, 0.25) is 0 Å². The summed E-state index contributed by atoms with van der Waals surface area (Å²) in [5.41, 5.74) is 2.25. The summed E-state index contributed by atoms with van der Waals surface area (Å²) < 4.78 is 0. The van der Waals surface area contributed by atoms with Gasteiger partial charge in [-0.25, -0.2) is 0 Å². The Kier molecular flexibility index (Phi) is 8.77. The molecule has 2 aliphatic heterocycles. The number of nitrogens with zero attached hydrogens (tertiary/aromatic N) is 2. The molecule has 3 rings (SSSR count). The molecule has 2 unspecified atom stereocenters. The molecule has 1 aromatic rings. The molecule has 0 aliphatic carbocycles. The van der Waals surface area contributed by atoms with Gasteiger partial charge in [0.2, 0.25) is 11.8 Å². The number of hydrogen-bond acceptors (Lipinski definition) is 3. The maximum atomic E-state index is 12.7. The fraction of sp³-hybridized carbons (Fsp3) is 0.636. The maximum absolute atomic E-state index is 12.7.